The Morgan fingerprint density at radius 3 is 1.82 bits per heavy atom. The summed E-state index contributed by atoms with van der Waals surface area (Å²) in [5.74, 6) is 4.75. The van der Waals surface area contributed by atoms with Gasteiger partial charge in [-0.15, -0.1) is 0 Å². The lowest BCUT2D eigenvalue weighted by Gasteiger charge is -2.18. The maximum atomic E-state index is 10.4. The highest BCUT2D eigenvalue weighted by Gasteiger charge is 2.14. The third-order valence-corrected chi connectivity index (χ3v) is 0.517. The third kappa shape index (κ3) is 12.4. The van der Waals surface area contributed by atoms with E-state index in [-0.39, 0.29) is 0 Å². The number of hydrazine groups is 1. The number of ether oxygens (including phenoxy) is 1. The van der Waals surface area contributed by atoms with Gasteiger partial charge in [-0.25, -0.2) is 10.6 Å². The first-order valence-electron chi connectivity index (χ1n) is 3.23. The summed E-state index contributed by atoms with van der Waals surface area (Å²) in [4.78, 5) is 10.4. The van der Waals surface area contributed by atoms with Crippen molar-refractivity contribution >= 4 is 6.09 Å². The monoisotopic (exact) mass is 163 g/mol. The minimum absolute atomic E-state index is 0.469. The molecule has 0 aromatic carbocycles. The summed E-state index contributed by atoms with van der Waals surface area (Å²) in [6.45, 7) is 5.30. The second-order valence-electron chi connectivity index (χ2n) is 2.65. The van der Waals surface area contributed by atoms with Gasteiger partial charge < -0.3 is 10.5 Å². The third-order valence-electron chi connectivity index (χ3n) is 0.517. The minimum Gasteiger partial charge on any atom is -0.443 e. The number of carbonyl (C=O) groups is 1. The normalized spacial score (nSPS) is 9.27. The zero-order valence-electron chi connectivity index (χ0n) is 7.47. The van der Waals surface area contributed by atoms with E-state index in [0.29, 0.717) is 0 Å². The molecule has 0 saturated carbocycles. The molecule has 0 unspecified atom stereocenters. The van der Waals surface area contributed by atoms with Crippen molar-refractivity contribution in [3.8, 4) is 0 Å². The molecule has 0 atom stereocenters. The molecule has 11 heavy (non-hydrogen) atoms. The van der Waals surface area contributed by atoms with Crippen molar-refractivity contribution in [1.29, 1.82) is 0 Å². The molecule has 0 spiro atoms. The molecular formula is C6H17N3O2. The molecule has 0 aliphatic rings. The fraction of sp³-hybridized carbons (Fsp3) is 0.833. The molecule has 5 heteroatoms. The molecule has 0 aliphatic carbocycles. The van der Waals surface area contributed by atoms with Crippen LogP contribution in [0.1, 0.15) is 20.8 Å². The van der Waals surface area contributed by atoms with Crippen LogP contribution in [0, 0.1) is 0 Å². The predicted molar refractivity (Wildman–Crippen MR) is 43.7 cm³/mol. The number of hydrogen-bond donors (Lipinski definition) is 3. The van der Waals surface area contributed by atoms with Gasteiger partial charge in [0.1, 0.15) is 5.60 Å². The zero-order valence-corrected chi connectivity index (χ0v) is 7.47. The van der Waals surface area contributed by atoms with Gasteiger partial charge in [0.05, 0.1) is 0 Å². The van der Waals surface area contributed by atoms with Gasteiger partial charge >= 0.3 is 6.09 Å². The predicted octanol–water partition coefficient (Wildman–Crippen LogP) is -0.0403. The molecule has 0 rings (SSSR count). The van der Waals surface area contributed by atoms with Gasteiger partial charge in [0.25, 0.3) is 0 Å². The van der Waals surface area contributed by atoms with Crippen LogP contribution in [-0.4, -0.2) is 18.7 Å². The lowest BCUT2D eigenvalue weighted by Crippen LogP contribution is -2.36. The van der Waals surface area contributed by atoms with Crippen molar-refractivity contribution in [2.75, 3.05) is 7.05 Å². The Hall–Kier alpha value is -0.810. The summed E-state index contributed by atoms with van der Waals surface area (Å²) < 4.78 is 4.71. The number of rotatable bonds is 0. The van der Waals surface area contributed by atoms with E-state index in [2.05, 4.69) is 5.73 Å². The number of hydrogen-bond acceptors (Lipinski definition) is 4. The molecular weight excluding hydrogens is 146 g/mol. The Balaban J connectivity index is 0. The first kappa shape index (κ1) is 12.8. The standard InChI is InChI=1S/C5H12N2O2.CH5N/c1-5(2,3)9-4(8)7-6;1-2/h6H2,1-3H3,(H,7,8);2H2,1H3. The molecule has 0 saturated heterocycles. The molecule has 0 radical (unpaired) electrons. The zero-order chi connectivity index (χ0) is 9.49. The van der Waals surface area contributed by atoms with Crippen molar-refractivity contribution in [2.24, 2.45) is 11.6 Å². The highest BCUT2D eigenvalue weighted by Crippen LogP contribution is 2.05. The summed E-state index contributed by atoms with van der Waals surface area (Å²) in [6.07, 6.45) is -0.609. The number of amides is 1. The van der Waals surface area contributed by atoms with Gasteiger partial charge in [-0.1, -0.05) is 0 Å². The van der Waals surface area contributed by atoms with Crippen molar-refractivity contribution in [3.05, 3.63) is 0 Å². The molecule has 0 aliphatic heterocycles. The Labute approximate surface area is 67.0 Å². The van der Waals surface area contributed by atoms with Crippen molar-refractivity contribution < 1.29 is 9.53 Å². The lowest BCUT2D eigenvalue weighted by molar-refractivity contribution is 0.0527. The van der Waals surface area contributed by atoms with E-state index < -0.39 is 11.7 Å². The Morgan fingerprint density at radius 1 is 1.36 bits per heavy atom. The van der Waals surface area contributed by atoms with E-state index in [1.807, 2.05) is 5.43 Å². The van der Waals surface area contributed by atoms with Crippen LogP contribution >= 0.6 is 0 Å². The van der Waals surface area contributed by atoms with Crippen LogP contribution in [0.3, 0.4) is 0 Å². The molecule has 5 nitrogen and oxygen atoms in total. The van der Waals surface area contributed by atoms with Gasteiger partial charge in [-0.05, 0) is 27.8 Å². The van der Waals surface area contributed by atoms with Gasteiger partial charge in [0.15, 0.2) is 0 Å². The van der Waals surface area contributed by atoms with Gasteiger partial charge in [0.2, 0.25) is 0 Å². The summed E-state index contributed by atoms with van der Waals surface area (Å²) >= 11 is 0. The molecule has 68 valence electrons. The molecule has 1 amide bonds. The molecule has 0 aromatic rings. The van der Waals surface area contributed by atoms with Crippen LogP contribution in [0.15, 0.2) is 0 Å². The van der Waals surface area contributed by atoms with E-state index >= 15 is 0 Å². The summed E-state index contributed by atoms with van der Waals surface area (Å²) in [7, 11) is 1.50. The van der Waals surface area contributed by atoms with E-state index in [9.17, 15) is 4.79 Å². The highest BCUT2D eigenvalue weighted by atomic mass is 16.6. The molecule has 0 heterocycles. The number of nitrogens with two attached hydrogens (primary N) is 2. The number of carbonyl (C=O) groups excluding carboxylic acids is 1. The van der Waals surface area contributed by atoms with Crippen LogP contribution in [0.5, 0.6) is 0 Å². The van der Waals surface area contributed by atoms with Crippen LogP contribution in [0.4, 0.5) is 4.79 Å². The maximum Gasteiger partial charge on any atom is 0.421 e. The lowest BCUT2D eigenvalue weighted by atomic mass is 10.2. The Kier molecular flexibility index (Phi) is 6.92. The summed E-state index contributed by atoms with van der Waals surface area (Å²) in [5, 5.41) is 0. The first-order chi connectivity index (χ1) is 4.95. The van der Waals surface area contributed by atoms with Crippen molar-refractivity contribution in [2.45, 2.75) is 26.4 Å². The second-order valence-corrected chi connectivity index (χ2v) is 2.65. The Morgan fingerprint density at radius 2 is 1.73 bits per heavy atom. The quantitative estimate of drug-likeness (QED) is 0.265. The van der Waals surface area contributed by atoms with Gasteiger partial charge in [-0.2, -0.15) is 0 Å². The fourth-order valence-corrected chi connectivity index (χ4v) is 0.308. The molecule has 0 aromatic heterocycles. The fourth-order valence-electron chi connectivity index (χ4n) is 0.308. The van der Waals surface area contributed by atoms with E-state index in [4.69, 9.17) is 10.6 Å². The van der Waals surface area contributed by atoms with Crippen LogP contribution < -0.4 is 17.0 Å². The first-order valence-corrected chi connectivity index (χ1v) is 3.23. The van der Waals surface area contributed by atoms with Crippen LogP contribution in [0.2, 0.25) is 0 Å². The SMILES string of the molecule is CC(C)(C)OC(=O)NN.CN. The average molecular weight is 163 g/mol. The van der Waals surface area contributed by atoms with Crippen molar-refractivity contribution in [3.63, 3.8) is 0 Å². The van der Waals surface area contributed by atoms with E-state index in [1.54, 1.807) is 20.8 Å². The maximum absolute atomic E-state index is 10.4. The molecule has 0 bridgehead atoms. The highest BCUT2D eigenvalue weighted by molar-refractivity contribution is 5.66. The second kappa shape index (κ2) is 5.94. The smallest absolute Gasteiger partial charge is 0.421 e. The van der Waals surface area contributed by atoms with Crippen LogP contribution in [-0.2, 0) is 4.74 Å². The summed E-state index contributed by atoms with van der Waals surface area (Å²) in [6, 6.07) is 0. The minimum atomic E-state index is -0.609. The van der Waals surface area contributed by atoms with E-state index in [1.165, 1.54) is 7.05 Å². The van der Waals surface area contributed by atoms with E-state index in [0.717, 1.165) is 0 Å². The molecule has 5 N–H and O–H groups in total. The topological polar surface area (TPSA) is 90.4 Å². The summed E-state index contributed by atoms with van der Waals surface area (Å²) in [5.41, 5.74) is 5.89. The van der Waals surface area contributed by atoms with Gasteiger partial charge in [0, 0.05) is 0 Å². The Bertz CT molecular complexity index is 109. The average Bonchev–Trinajstić information content (AvgIpc) is 1.89. The van der Waals surface area contributed by atoms with Crippen molar-refractivity contribution in [1.82, 2.24) is 5.43 Å². The largest absolute Gasteiger partial charge is 0.443 e. The van der Waals surface area contributed by atoms with Gasteiger partial charge in [-0.3, -0.25) is 5.43 Å². The van der Waals surface area contributed by atoms with Crippen LogP contribution in [0.25, 0.3) is 0 Å². The molecule has 0 fully saturated rings. The number of nitrogens with one attached hydrogen (secondary N) is 1.